The van der Waals surface area contributed by atoms with Crippen molar-refractivity contribution in [3.63, 3.8) is 0 Å². The van der Waals surface area contributed by atoms with Crippen LogP contribution in [0.4, 0.5) is 5.69 Å². The minimum atomic E-state index is 0.491. The molecular formula is C13H15N3O2. The van der Waals surface area contributed by atoms with E-state index in [2.05, 4.69) is 9.97 Å². The van der Waals surface area contributed by atoms with E-state index in [9.17, 15) is 0 Å². The average molecular weight is 245 g/mol. The van der Waals surface area contributed by atoms with Crippen LogP contribution in [-0.2, 0) is 6.42 Å². The number of nitrogens with two attached hydrogens (primary N) is 1. The lowest BCUT2D eigenvalue weighted by molar-refractivity contribution is 0.374. The third-order valence-electron chi connectivity index (χ3n) is 2.46. The van der Waals surface area contributed by atoms with Crippen molar-refractivity contribution in [2.75, 3.05) is 12.8 Å². The number of hydrogen-bond donors (Lipinski definition) is 1. The van der Waals surface area contributed by atoms with Gasteiger partial charge in [-0.05, 0) is 18.6 Å². The molecule has 0 saturated carbocycles. The van der Waals surface area contributed by atoms with E-state index in [1.54, 1.807) is 31.4 Å². The van der Waals surface area contributed by atoms with Crippen LogP contribution in [-0.4, -0.2) is 17.1 Å². The van der Waals surface area contributed by atoms with Crippen molar-refractivity contribution in [2.45, 2.75) is 13.3 Å². The van der Waals surface area contributed by atoms with Crippen molar-refractivity contribution < 1.29 is 9.47 Å². The molecular weight excluding hydrogens is 230 g/mol. The fourth-order valence-electron chi connectivity index (χ4n) is 1.51. The summed E-state index contributed by atoms with van der Waals surface area (Å²) in [4.78, 5) is 8.17. The van der Waals surface area contributed by atoms with Crippen molar-refractivity contribution in [1.82, 2.24) is 9.97 Å². The number of nitrogen functional groups attached to an aromatic ring is 1. The van der Waals surface area contributed by atoms with Crippen molar-refractivity contribution >= 4 is 5.69 Å². The molecule has 0 fully saturated rings. The van der Waals surface area contributed by atoms with E-state index >= 15 is 0 Å². The van der Waals surface area contributed by atoms with Crippen LogP contribution < -0.4 is 15.2 Å². The molecule has 0 bridgehead atoms. The van der Waals surface area contributed by atoms with E-state index in [1.165, 1.54) is 6.33 Å². The number of hydrogen-bond acceptors (Lipinski definition) is 5. The smallest absolute Gasteiger partial charge is 0.222 e. The molecule has 2 aromatic rings. The minimum absolute atomic E-state index is 0.491. The summed E-state index contributed by atoms with van der Waals surface area (Å²) in [5, 5.41) is 0. The van der Waals surface area contributed by atoms with Gasteiger partial charge >= 0.3 is 0 Å². The Hall–Kier alpha value is -2.30. The van der Waals surface area contributed by atoms with Gasteiger partial charge in [-0.15, -0.1) is 0 Å². The Kier molecular flexibility index (Phi) is 3.62. The molecule has 0 amide bonds. The molecule has 5 nitrogen and oxygen atoms in total. The van der Waals surface area contributed by atoms with E-state index in [0.717, 1.165) is 12.1 Å². The number of anilines is 1. The highest BCUT2D eigenvalue weighted by Gasteiger charge is 2.07. The molecule has 2 N–H and O–H groups in total. The molecule has 18 heavy (non-hydrogen) atoms. The summed E-state index contributed by atoms with van der Waals surface area (Å²) < 4.78 is 10.9. The fourth-order valence-corrected chi connectivity index (χ4v) is 1.51. The molecule has 1 aromatic carbocycles. The summed E-state index contributed by atoms with van der Waals surface area (Å²) in [6, 6.07) is 7.01. The second-order valence-electron chi connectivity index (χ2n) is 3.71. The maximum atomic E-state index is 5.68. The van der Waals surface area contributed by atoms with Crippen LogP contribution in [0.5, 0.6) is 17.4 Å². The number of aryl methyl sites for hydroxylation is 1. The normalized spacial score (nSPS) is 10.1. The second kappa shape index (κ2) is 5.35. The third-order valence-corrected chi connectivity index (χ3v) is 2.46. The Balaban J connectivity index is 2.27. The molecule has 0 spiro atoms. The van der Waals surface area contributed by atoms with E-state index < -0.39 is 0 Å². The number of ether oxygens (including phenoxy) is 2. The zero-order chi connectivity index (χ0) is 13.0. The largest absolute Gasteiger partial charge is 0.493 e. The first kappa shape index (κ1) is 12.2. The van der Waals surface area contributed by atoms with Crippen LogP contribution >= 0.6 is 0 Å². The van der Waals surface area contributed by atoms with Crippen molar-refractivity contribution in [1.29, 1.82) is 0 Å². The van der Waals surface area contributed by atoms with Crippen molar-refractivity contribution in [2.24, 2.45) is 0 Å². The standard InChI is InChI=1S/C13H15N3O2/c1-3-10-7-13(16-8-15-10)18-11-5-4-9(14)6-12(11)17-2/h4-8H,3,14H2,1-2H3. The Morgan fingerprint density at radius 3 is 2.72 bits per heavy atom. The van der Waals surface area contributed by atoms with Gasteiger partial charge in [0.2, 0.25) is 5.88 Å². The Morgan fingerprint density at radius 2 is 2.00 bits per heavy atom. The number of rotatable bonds is 4. The monoisotopic (exact) mass is 245 g/mol. The first-order valence-corrected chi connectivity index (χ1v) is 5.65. The summed E-state index contributed by atoms with van der Waals surface area (Å²) in [5.74, 6) is 1.64. The van der Waals surface area contributed by atoms with Gasteiger partial charge in [0.05, 0.1) is 7.11 Å². The number of aromatic nitrogens is 2. The van der Waals surface area contributed by atoms with Gasteiger partial charge in [0.25, 0.3) is 0 Å². The van der Waals surface area contributed by atoms with E-state index in [0.29, 0.717) is 23.1 Å². The maximum Gasteiger partial charge on any atom is 0.222 e. The second-order valence-corrected chi connectivity index (χ2v) is 3.71. The summed E-state index contributed by atoms with van der Waals surface area (Å²) in [5.41, 5.74) is 7.23. The van der Waals surface area contributed by atoms with Gasteiger partial charge in [-0.1, -0.05) is 6.92 Å². The molecule has 94 valence electrons. The molecule has 0 radical (unpaired) electrons. The summed E-state index contributed by atoms with van der Waals surface area (Å²) in [6.45, 7) is 2.02. The molecule has 0 aliphatic carbocycles. The van der Waals surface area contributed by atoms with Gasteiger partial charge in [0, 0.05) is 23.5 Å². The van der Waals surface area contributed by atoms with E-state index in [4.69, 9.17) is 15.2 Å². The highest BCUT2D eigenvalue weighted by atomic mass is 16.5. The SMILES string of the molecule is CCc1cc(Oc2ccc(N)cc2OC)ncn1. The highest BCUT2D eigenvalue weighted by Crippen LogP contribution is 2.32. The first-order chi connectivity index (χ1) is 8.72. The molecule has 0 unspecified atom stereocenters. The zero-order valence-corrected chi connectivity index (χ0v) is 10.4. The Bertz CT molecular complexity index is 544. The lowest BCUT2D eigenvalue weighted by Gasteiger charge is -2.10. The van der Waals surface area contributed by atoms with E-state index in [1.807, 2.05) is 6.92 Å². The molecule has 2 rings (SSSR count). The molecule has 0 aliphatic heterocycles. The predicted octanol–water partition coefficient (Wildman–Crippen LogP) is 2.42. The van der Waals surface area contributed by atoms with Gasteiger partial charge in [0.1, 0.15) is 6.33 Å². The zero-order valence-electron chi connectivity index (χ0n) is 10.4. The minimum Gasteiger partial charge on any atom is -0.493 e. The van der Waals surface area contributed by atoms with Gasteiger partial charge in [-0.3, -0.25) is 0 Å². The molecule has 0 saturated heterocycles. The predicted molar refractivity (Wildman–Crippen MR) is 68.9 cm³/mol. The van der Waals surface area contributed by atoms with Crippen LogP contribution in [0.25, 0.3) is 0 Å². The van der Waals surface area contributed by atoms with Crippen LogP contribution in [0.3, 0.4) is 0 Å². The van der Waals surface area contributed by atoms with Crippen LogP contribution in [0, 0.1) is 0 Å². The lowest BCUT2D eigenvalue weighted by atomic mass is 10.3. The first-order valence-electron chi connectivity index (χ1n) is 5.65. The van der Waals surface area contributed by atoms with Crippen LogP contribution in [0.15, 0.2) is 30.6 Å². The molecule has 0 aliphatic rings. The van der Waals surface area contributed by atoms with E-state index in [-0.39, 0.29) is 0 Å². The van der Waals surface area contributed by atoms with Gasteiger partial charge in [-0.25, -0.2) is 9.97 Å². The molecule has 5 heteroatoms. The van der Waals surface area contributed by atoms with Gasteiger partial charge < -0.3 is 15.2 Å². The van der Waals surface area contributed by atoms with Gasteiger partial charge in [-0.2, -0.15) is 0 Å². The third kappa shape index (κ3) is 2.68. The summed E-state index contributed by atoms with van der Waals surface area (Å²) >= 11 is 0. The number of benzene rings is 1. The topological polar surface area (TPSA) is 70.3 Å². The Morgan fingerprint density at radius 1 is 1.17 bits per heavy atom. The average Bonchev–Trinajstić information content (AvgIpc) is 2.41. The fraction of sp³-hybridized carbons (Fsp3) is 0.231. The maximum absolute atomic E-state index is 5.68. The van der Waals surface area contributed by atoms with Crippen molar-refractivity contribution in [3.05, 3.63) is 36.3 Å². The molecule has 0 atom stereocenters. The van der Waals surface area contributed by atoms with Crippen LogP contribution in [0.1, 0.15) is 12.6 Å². The lowest BCUT2D eigenvalue weighted by Crippen LogP contribution is -1.96. The summed E-state index contributed by atoms with van der Waals surface area (Å²) in [7, 11) is 1.57. The summed E-state index contributed by atoms with van der Waals surface area (Å²) in [6.07, 6.45) is 2.32. The Labute approximate surface area is 106 Å². The quantitative estimate of drug-likeness (QED) is 0.837. The number of methoxy groups -OCH3 is 1. The van der Waals surface area contributed by atoms with Crippen molar-refractivity contribution in [3.8, 4) is 17.4 Å². The number of nitrogens with zero attached hydrogens (tertiary/aromatic N) is 2. The van der Waals surface area contributed by atoms with Crippen LogP contribution in [0.2, 0.25) is 0 Å². The van der Waals surface area contributed by atoms with Gasteiger partial charge in [0.15, 0.2) is 11.5 Å². The highest BCUT2D eigenvalue weighted by molar-refractivity contribution is 5.52. The molecule has 1 aromatic heterocycles. The molecule has 1 heterocycles.